The molecule has 0 aromatic rings. The van der Waals surface area contributed by atoms with Crippen LogP contribution in [0.4, 0.5) is 0 Å². The van der Waals surface area contributed by atoms with Crippen LogP contribution in [0.15, 0.2) is 0 Å². The van der Waals surface area contributed by atoms with E-state index in [0.29, 0.717) is 17.5 Å². The predicted molar refractivity (Wildman–Crippen MR) is 74.0 cm³/mol. The number of nitrogens with two attached hydrogens (primary N) is 1. The normalized spacial score (nSPS) is 37.9. The van der Waals surface area contributed by atoms with Crippen molar-refractivity contribution in [3.63, 3.8) is 0 Å². The molecule has 0 bridgehead atoms. The zero-order valence-corrected chi connectivity index (χ0v) is 11.7. The molecule has 2 fully saturated rings. The van der Waals surface area contributed by atoms with Crippen molar-refractivity contribution in [2.24, 2.45) is 17.1 Å². The first-order chi connectivity index (χ1) is 8.13. The van der Waals surface area contributed by atoms with Crippen molar-refractivity contribution < 1.29 is 0 Å². The van der Waals surface area contributed by atoms with Crippen LogP contribution in [0.25, 0.3) is 0 Å². The van der Waals surface area contributed by atoms with Gasteiger partial charge in [0.15, 0.2) is 0 Å². The zero-order valence-electron chi connectivity index (χ0n) is 11.7. The molecule has 2 aliphatic rings. The Kier molecular flexibility index (Phi) is 4.48. The summed E-state index contributed by atoms with van der Waals surface area (Å²) in [6.45, 7) is 5.74. The standard InChI is InChI=1S/C15H30N2/c1-15(2)10-6-5-9-14(15)17-13-8-4-3-7-12(13)11-16/h12-14,17H,3-11,16H2,1-2H3. The summed E-state index contributed by atoms with van der Waals surface area (Å²) in [5.41, 5.74) is 6.41. The van der Waals surface area contributed by atoms with Crippen molar-refractivity contribution in [3.8, 4) is 0 Å². The van der Waals surface area contributed by atoms with Crippen LogP contribution < -0.4 is 11.1 Å². The molecular formula is C15H30N2. The van der Waals surface area contributed by atoms with Gasteiger partial charge in [0.1, 0.15) is 0 Å². The quantitative estimate of drug-likeness (QED) is 0.793. The van der Waals surface area contributed by atoms with E-state index in [-0.39, 0.29) is 0 Å². The summed E-state index contributed by atoms with van der Waals surface area (Å²) in [6, 6.07) is 1.41. The number of rotatable bonds is 3. The average molecular weight is 238 g/mol. The molecule has 0 aliphatic heterocycles. The number of hydrogen-bond donors (Lipinski definition) is 2. The summed E-state index contributed by atoms with van der Waals surface area (Å²) in [5, 5.41) is 3.97. The van der Waals surface area contributed by atoms with E-state index in [1.54, 1.807) is 0 Å². The Balaban J connectivity index is 1.93. The molecule has 0 aromatic heterocycles. The van der Waals surface area contributed by atoms with Crippen LogP contribution in [0.1, 0.15) is 65.2 Å². The van der Waals surface area contributed by atoms with Crippen LogP contribution in [0.2, 0.25) is 0 Å². The summed E-state index contributed by atoms with van der Waals surface area (Å²) in [6.07, 6.45) is 11.0. The van der Waals surface area contributed by atoms with Crippen molar-refractivity contribution >= 4 is 0 Å². The molecule has 0 amide bonds. The van der Waals surface area contributed by atoms with E-state index >= 15 is 0 Å². The van der Waals surface area contributed by atoms with Crippen molar-refractivity contribution in [1.82, 2.24) is 5.32 Å². The van der Waals surface area contributed by atoms with Crippen LogP contribution in [-0.2, 0) is 0 Å². The van der Waals surface area contributed by atoms with Gasteiger partial charge in [0.25, 0.3) is 0 Å². The lowest BCUT2D eigenvalue weighted by Crippen LogP contribution is -2.52. The lowest BCUT2D eigenvalue weighted by atomic mass is 9.72. The second kappa shape index (κ2) is 5.71. The maximum absolute atomic E-state index is 5.93. The summed E-state index contributed by atoms with van der Waals surface area (Å²) >= 11 is 0. The van der Waals surface area contributed by atoms with Crippen LogP contribution in [-0.4, -0.2) is 18.6 Å². The SMILES string of the molecule is CC1(C)CCCCC1NC1CCCCC1CN. The smallest absolute Gasteiger partial charge is 0.0121 e. The third-order valence-corrected chi connectivity index (χ3v) is 5.13. The molecule has 2 aliphatic carbocycles. The van der Waals surface area contributed by atoms with Gasteiger partial charge >= 0.3 is 0 Å². The average Bonchev–Trinajstić information content (AvgIpc) is 2.32. The van der Waals surface area contributed by atoms with E-state index in [1.165, 1.54) is 51.4 Å². The van der Waals surface area contributed by atoms with Gasteiger partial charge in [-0.1, -0.05) is 39.5 Å². The second-order valence-corrected chi connectivity index (χ2v) is 6.84. The van der Waals surface area contributed by atoms with Crippen LogP contribution in [0.5, 0.6) is 0 Å². The first-order valence-electron chi connectivity index (χ1n) is 7.59. The van der Waals surface area contributed by atoms with Gasteiger partial charge < -0.3 is 11.1 Å². The molecule has 2 rings (SSSR count). The van der Waals surface area contributed by atoms with Gasteiger partial charge in [-0.15, -0.1) is 0 Å². The first-order valence-corrected chi connectivity index (χ1v) is 7.59. The molecule has 17 heavy (non-hydrogen) atoms. The molecule has 2 saturated carbocycles. The minimum absolute atomic E-state index is 0.481. The van der Waals surface area contributed by atoms with Crippen LogP contribution in [0, 0.1) is 11.3 Å². The highest BCUT2D eigenvalue weighted by molar-refractivity contribution is 4.92. The lowest BCUT2D eigenvalue weighted by Gasteiger charge is -2.43. The third-order valence-electron chi connectivity index (χ3n) is 5.13. The number of nitrogens with one attached hydrogen (secondary N) is 1. The molecule has 2 nitrogen and oxygen atoms in total. The summed E-state index contributed by atoms with van der Waals surface area (Å²) in [5.74, 6) is 0.724. The van der Waals surface area contributed by atoms with Gasteiger partial charge in [-0.25, -0.2) is 0 Å². The topological polar surface area (TPSA) is 38.0 Å². The number of hydrogen-bond acceptors (Lipinski definition) is 2. The van der Waals surface area contributed by atoms with Crippen molar-refractivity contribution in [2.45, 2.75) is 77.3 Å². The Bertz CT molecular complexity index is 237. The van der Waals surface area contributed by atoms with Gasteiger partial charge in [0.05, 0.1) is 0 Å². The van der Waals surface area contributed by atoms with E-state index in [9.17, 15) is 0 Å². The van der Waals surface area contributed by atoms with E-state index in [2.05, 4.69) is 19.2 Å². The Morgan fingerprint density at radius 1 is 1.06 bits per heavy atom. The van der Waals surface area contributed by atoms with Gasteiger partial charge in [0.2, 0.25) is 0 Å². The lowest BCUT2D eigenvalue weighted by molar-refractivity contribution is 0.129. The fourth-order valence-electron chi connectivity index (χ4n) is 3.77. The fourth-order valence-corrected chi connectivity index (χ4v) is 3.77. The summed E-state index contributed by atoms with van der Waals surface area (Å²) in [7, 11) is 0. The second-order valence-electron chi connectivity index (χ2n) is 6.84. The first kappa shape index (κ1) is 13.4. The Labute approximate surface area is 107 Å². The highest BCUT2D eigenvalue weighted by Crippen LogP contribution is 2.37. The van der Waals surface area contributed by atoms with Gasteiger partial charge in [-0.2, -0.15) is 0 Å². The third kappa shape index (κ3) is 3.23. The molecule has 2 heteroatoms. The highest BCUT2D eigenvalue weighted by Gasteiger charge is 2.35. The van der Waals surface area contributed by atoms with E-state index in [4.69, 9.17) is 5.73 Å². The van der Waals surface area contributed by atoms with Gasteiger partial charge in [0, 0.05) is 12.1 Å². The Hall–Kier alpha value is -0.0800. The molecule has 3 unspecified atom stereocenters. The maximum atomic E-state index is 5.93. The molecule has 3 atom stereocenters. The zero-order chi connectivity index (χ0) is 12.3. The molecule has 0 radical (unpaired) electrons. The van der Waals surface area contributed by atoms with Crippen LogP contribution >= 0.6 is 0 Å². The molecule has 100 valence electrons. The van der Waals surface area contributed by atoms with Crippen LogP contribution in [0.3, 0.4) is 0 Å². The molecular weight excluding hydrogens is 208 g/mol. The van der Waals surface area contributed by atoms with E-state index in [0.717, 1.165) is 12.5 Å². The highest BCUT2D eigenvalue weighted by atomic mass is 15.0. The van der Waals surface area contributed by atoms with Crippen molar-refractivity contribution in [2.75, 3.05) is 6.54 Å². The van der Waals surface area contributed by atoms with Gasteiger partial charge in [-0.05, 0) is 43.6 Å². The van der Waals surface area contributed by atoms with Gasteiger partial charge in [-0.3, -0.25) is 0 Å². The minimum atomic E-state index is 0.481. The fraction of sp³-hybridized carbons (Fsp3) is 1.00. The predicted octanol–water partition coefficient (Wildman–Crippen LogP) is 3.06. The molecule has 3 N–H and O–H groups in total. The monoisotopic (exact) mass is 238 g/mol. The van der Waals surface area contributed by atoms with Crippen molar-refractivity contribution in [3.05, 3.63) is 0 Å². The maximum Gasteiger partial charge on any atom is 0.0121 e. The largest absolute Gasteiger partial charge is 0.330 e. The van der Waals surface area contributed by atoms with E-state index in [1.807, 2.05) is 0 Å². The molecule has 0 saturated heterocycles. The summed E-state index contributed by atoms with van der Waals surface area (Å²) < 4.78 is 0. The Morgan fingerprint density at radius 3 is 2.47 bits per heavy atom. The van der Waals surface area contributed by atoms with E-state index < -0.39 is 0 Å². The molecule has 0 spiro atoms. The Morgan fingerprint density at radius 2 is 1.76 bits per heavy atom. The van der Waals surface area contributed by atoms with Crippen molar-refractivity contribution in [1.29, 1.82) is 0 Å². The molecule has 0 aromatic carbocycles. The molecule has 0 heterocycles. The summed E-state index contributed by atoms with van der Waals surface area (Å²) in [4.78, 5) is 0. The minimum Gasteiger partial charge on any atom is -0.330 e.